The maximum atomic E-state index is 11.8. The lowest BCUT2D eigenvalue weighted by Crippen LogP contribution is -2.37. The molecule has 1 atom stereocenters. The van der Waals surface area contributed by atoms with Gasteiger partial charge in [0.2, 0.25) is 5.91 Å². The van der Waals surface area contributed by atoms with Gasteiger partial charge in [-0.05, 0) is 38.8 Å². The zero-order valence-corrected chi connectivity index (χ0v) is 11.3. The highest BCUT2D eigenvalue weighted by Gasteiger charge is 2.22. The second-order valence-electron chi connectivity index (χ2n) is 5.11. The minimum atomic E-state index is 0.150. The third-order valence-corrected chi connectivity index (χ3v) is 3.70. The summed E-state index contributed by atoms with van der Waals surface area (Å²) in [6, 6.07) is 0. The summed E-state index contributed by atoms with van der Waals surface area (Å²) >= 11 is 0. The van der Waals surface area contributed by atoms with Gasteiger partial charge in [-0.15, -0.1) is 0 Å². The predicted octanol–water partition coefficient (Wildman–Crippen LogP) is 1.28. The van der Waals surface area contributed by atoms with Crippen LogP contribution in [0.15, 0.2) is 12.2 Å². The lowest BCUT2D eigenvalue weighted by Gasteiger charge is -2.23. The van der Waals surface area contributed by atoms with Crippen LogP contribution in [0.25, 0.3) is 0 Å². The van der Waals surface area contributed by atoms with Crippen LogP contribution >= 0.6 is 0 Å². The Morgan fingerprint density at radius 3 is 2.89 bits per heavy atom. The Balaban J connectivity index is 1.78. The molecule has 2 heterocycles. The summed E-state index contributed by atoms with van der Waals surface area (Å²) in [4.78, 5) is 16.2. The Morgan fingerprint density at radius 2 is 2.17 bits per heavy atom. The summed E-state index contributed by atoms with van der Waals surface area (Å²) in [5, 5.41) is 0. The van der Waals surface area contributed by atoms with Gasteiger partial charge in [0.15, 0.2) is 0 Å². The molecule has 0 radical (unpaired) electrons. The van der Waals surface area contributed by atoms with E-state index >= 15 is 0 Å². The molecule has 0 aromatic heterocycles. The normalized spacial score (nSPS) is 26.7. The fraction of sp³-hybridized carbons (Fsp3) is 0.786. The lowest BCUT2D eigenvalue weighted by molar-refractivity contribution is -0.125. The number of carbonyl (C=O) groups is 1. The maximum Gasteiger partial charge on any atom is 0.246 e. The molecule has 2 aliphatic heterocycles. The molecule has 4 heteroatoms. The van der Waals surface area contributed by atoms with E-state index in [1.165, 1.54) is 12.8 Å². The Kier molecular flexibility index (Phi) is 5.20. The van der Waals surface area contributed by atoms with Crippen LogP contribution < -0.4 is 0 Å². The molecule has 2 fully saturated rings. The van der Waals surface area contributed by atoms with E-state index in [0.717, 1.165) is 45.8 Å². The largest absolute Gasteiger partial charge is 0.377 e. The van der Waals surface area contributed by atoms with Crippen LogP contribution in [0.5, 0.6) is 0 Å². The molecule has 2 saturated heterocycles. The fourth-order valence-corrected chi connectivity index (χ4v) is 2.70. The Hall–Kier alpha value is -0.870. The van der Waals surface area contributed by atoms with Gasteiger partial charge >= 0.3 is 0 Å². The number of hydrogen-bond acceptors (Lipinski definition) is 3. The smallest absolute Gasteiger partial charge is 0.246 e. The zero-order valence-electron chi connectivity index (χ0n) is 11.3. The molecule has 1 unspecified atom stereocenters. The first-order valence-corrected chi connectivity index (χ1v) is 7.05. The Morgan fingerprint density at radius 1 is 1.28 bits per heavy atom. The van der Waals surface area contributed by atoms with Crippen LogP contribution in [-0.4, -0.2) is 61.1 Å². The zero-order chi connectivity index (χ0) is 12.8. The predicted molar refractivity (Wildman–Crippen MR) is 71.4 cm³/mol. The molecule has 1 amide bonds. The van der Waals surface area contributed by atoms with Crippen LogP contribution in [0.4, 0.5) is 0 Å². The van der Waals surface area contributed by atoms with Crippen LogP contribution in [0.2, 0.25) is 0 Å². The fourth-order valence-electron chi connectivity index (χ4n) is 2.70. The molecule has 0 aromatic carbocycles. The molecule has 18 heavy (non-hydrogen) atoms. The third kappa shape index (κ3) is 3.82. The number of allylic oxidation sites excluding steroid dienone is 1. The average molecular weight is 252 g/mol. The van der Waals surface area contributed by atoms with Crippen LogP contribution in [0.3, 0.4) is 0 Å². The van der Waals surface area contributed by atoms with Gasteiger partial charge in [0, 0.05) is 32.8 Å². The molecule has 102 valence electrons. The van der Waals surface area contributed by atoms with Gasteiger partial charge in [-0.1, -0.05) is 6.08 Å². The summed E-state index contributed by atoms with van der Waals surface area (Å²) in [5.74, 6) is 0.150. The molecule has 0 aromatic rings. The van der Waals surface area contributed by atoms with Crippen molar-refractivity contribution in [1.82, 2.24) is 9.80 Å². The summed E-state index contributed by atoms with van der Waals surface area (Å²) in [6.45, 7) is 7.62. The average Bonchev–Trinajstić information content (AvgIpc) is 2.74. The topological polar surface area (TPSA) is 32.8 Å². The third-order valence-electron chi connectivity index (χ3n) is 3.70. The number of carbonyl (C=O) groups excluding carboxylic acids is 1. The molecular weight excluding hydrogens is 228 g/mol. The minimum absolute atomic E-state index is 0.150. The molecule has 2 aliphatic rings. The molecule has 0 aliphatic carbocycles. The van der Waals surface area contributed by atoms with Gasteiger partial charge in [-0.3, -0.25) is 9.69 Å². The first kappa shape index (κ1) is 13.6. The number of ether oxygens (including phenoxy) is 1. The SMILES string of the molecule is CC=CC(=O)N1CCCN(CC2CCCO2)CC1. The van der Waals surface area contributed by atoms with Gasteiger partial charge in [0.25, 0.3) is 0 Å². The molecule has 0 N–H and O–H groups in total. The molecule has 2 rings (SSSR count). The van der Waals surface area contributed by atoms with Gasteiger partial charge in [0.05, 0.1) is 6.10 Å². The van der Waals surface area contributed by atoms with Gasteiger partial charge in [-0.25, -0.2) is 0 Å². The molecule has 0 spiro atoms. The quantitative estimate of drug-likeness (QED) is 0.709. The van der Waals surface area contributed by atoms with Crippen molar-refractivity contribution in [3.05, 3.63) is 12.2 Å². The van der Waals surface area contributed by atoms with E-state index in [1.54, 1.807) is 6.08 Å². The van der Waals surface area contributed by atoms with Gasteiger partial charge in [0.1, 0.15) is 0 Å². The highest BCUT2D eigenvalue weighted by Crippen LogP contribution is 2.14. The van der Waals surface area contributed by atoms with Crippen molar-refractivity contribution in [2.75, 3.05) is 39.3 Å². The molecule has 4 nitrogen and oxygen atoms in total. The van der Waals surface area contributed by atoms with E-state index in [0.29, 0.717) is 6.10 Å². The molecule has 0 bridgehead atoms. The number of hydrogen-bond donors (Lipinski definition) is 0. The number of nitrogens with zero attached hydrogens (tertiary/aromatic N) is 2. The van der Waals surface area contributed by atoms with E-state index < -0.39 is 0 Å². The molecular formula is C14H24N2O2. The van der Waals surface area contributed by atoms with E-state index in [-0.39, 0.29) is 5.91 Å². The van der Waals surface area contributed by atoms with Crippen molar-refractivity contribution in [1.29, 1.82) is 0 Å². The highest BCUT2D eigenvalue weighted by atomic mass is 16.5. The summed E-state index contributed by atoms with van der Waals surface area (Å²) in [7, 11) is 0. The minimum Gasteiger partial charge on any atom is -0.377 e. The summed E-state index contributed by atoms with van der Waals surface area (Å²) in [6.07, 6.45) is 7.36. The Bertz CT molecular complexity index is 298. The first-order chi connectivity index (χ1) is 8.79. The number of rotatable bonds is 3. The number of amides is 1. The first-order valence-electron chi connectivity index (χ1n) is 7.05. The lowest BCUT2D eigenvalue weighted by atomic mass is 10.2. The van der Waals surface area contributed by atoms with Crippen molar-refractivity contribution in [3.63, 3.8) is 0 Å². The second-order valence-corrected chi connectivity index (χ2v) is 5.11. The van der Waals surface area contributed by atoms with Crippen LogP contribution in [-0.2, 0) is 9.53 Å². The van der Waals surface area contributed by atoms with Crippen LogP contribution in [0.1, 0.15) is 26.2 Å². The van der Waals surface area contributed by atoms with E-state index in [9.17, 15) is 4.79 Å². The van der Waals surface area contributed by atoms with Crippen molar-refractivity contribution in [3.8, 4) is 0 Å². The van der Waals surface area contributed by atoms with E-state index in [2.05, 4.69) is 4.90 Å². The van der Waals surface area contributed by atoms with Crippen molar-refractivity contribution in [2.45, 2.75) is 32.3 Å². The second kappa shape index (κ2) is 6.90. The van der Waals surface area contributed by atoms with E-state index in [1.807, 2.05) is 17.9 Å². The van der Waals surface area contributed by atoms with Crippen molar-refractivity contribution in [2.24, 2.45) is 0 Å². The highest BCUT2D eigenvalue weighted by molar-refractivity contribution is 5.87. The van der Waals surface area contributed by atoms with Crippen molar-refractivity contribution >= 4 is 5.91 Å². The molecule has 0 saturated carbocycles. The Labute approximate surface area is 110 Å². The standard InChI is InChI=1S/C14H24N2O2/c1-2-5-14(17)16-8-4-7-15(9-10-16)12-13-6-3-11-18-13/h2,5,13H,3-4,6-12H2,1H3. The van der Waals surface area contributed by atoms with Gasteiger partial charge in [-0.2, -0.15) is 0 Å². The van der Waals surface area contributed by atoms with Crippen molar-refractivity contribution < 1.29 is 9.53 Å². The van der Waals surface area contributed by atoms with Crippen LogP contribution in [0, 0.1) is 0 Å². The monoisotopic (exact) mass is 252 g/mol. The van der Waals surface area contributed by atoms with Gasteiger partial charge < -0.3 is 9.64 Å². The maximum absolute atomic E-state index is 11.8. The van der Waals surface area contributed by atoms with E-state index in [4.69, 9.17) is 4.74 Å². The summed E-state index contributed by atoms with van der Waals surface area (Å²) in [5.41, 5.74) is 0. The summed E-state index contributed by atoms with van der Waals surface area (Å²) < 4.78 is 5.68.